The maximum atomic E-state index is 8.29. The number of nitriles is 1. The molecule has 0 N–H and O–H groups in total. The molecule has 0 saturated carbocycles. The Kier molecular flexibility index (Phi) is 2.56. The summed E-state index contributed by atoms with van der Waals surface area (Å²) in [5.41, 5.74) is 0. The van der Waals surface area contributed by atoms with Crippen LogP contribution >= 0.6 is 34.5 Å². The van der Waals surface area contributed by atoms with Crippen molar-refractivity contribution in [2.75, 3.05) is 0 Å². The standard InChI is InChI=1S/C6H3Cl2NS/c7-5-3-4(1-2-9)10-6(5)8/h3H,1H2. The van der Waals surface area contributed by atoms with Gasteiger partial charge in [0.05, 0.1) is 17.5 Å². The summed E-state index contributed by atoms with van der Waals surface area (Å²) in [6.45, 7) is 0. The van der Waals surface area contributed by atoms with Crippen LogP contribution in [0.2, 0.25) is 9.36 Å². The first-order chi connectivity index (χ1) is 4.74. The average Bonchev–Trinajstić information content (AvgIpc) is 2.14. The lowest BCUT2D eigenvalue weighted by molar-refractivity contribution is 1.32. The highest BCUT2D eigenvalue weighted by atomic mass is 35.5. The fourth-order valence-electron chi connectivity index (χ4n) is 0.556. The van der Waals surface area contributed by atoms with Crippen LogP contribution in [0.4, 0.5) is 0 Å². The summed E-state index contributed by atoms with van der Waals surface area (Å²) in [5, 5.41) is 8.83. The zero-order valence-corrected chi connectivity index (χ0v) is 7.22. The van der Waals surface area contributed by atoms with Gasteiger partial charge < -0.3 is 0 Å². The third kappa shape index (κ3) is 1.63. The van der Waals surface area contributed by atoms with Crippen LogP contribution in [0.5, 0.6) is 0 Å². The summed E-state index contributed by atoms with van der Waals surface area (Å²) in [7, 11) is 0. The Labute approximate surface area is 72.8 Å². The molecule has 10 heavy (non-hydrogen) atoms. The van der Waals surface area contributed by atoms with Crippen LogP contribution in [0.15, 0.2) is 6.07 Å². The first kappa shape index (κ1) is 7.87. The summed E-state index contributed by atoms with van der Waals surface area (Å²) >= 11 is 12.6. The molecule has 0 atom stereocenters. The highest BCUT2D eigenvalue weighted by molar-refractivity contribution is 7.16. The second-order valence-electron chi connectivity index (χ2n) is 1.67. The molecule has 1 aromatic rings. The van der Waals surface area contributed by atoms with Gasteiger partial charge in [-0.1, -0.05) is 23.2 Å². The van der Waals surface area contributed by atoms with Gasteiger partial charge in [0.25, 0.3) is 0 Å². The van der Waals surface area contributed by atoms with Crippen molar-refractivity contribution in [3.63, 3.8) is 0 Å². The summed E-state index contributed by atoms with van der Waals surface area (Å²) in [4.78, 5) is 0.914. The fraction of sp³-hybridized carbons (Fsp3) is 0.167. The van der Waals surface area contributed by atoms with Crippen molar-refractivity contribution in [2.24, 2.45) is 0 Å². The lowest BCUT2D eigenvalue weighted by atomic mass is 10.4. The van der Waals surface area contributed by atoms with E-state index in [2.05, 4.69) is 0 Å². The van der Waals surface area contributed by atoms with Gasteiger partial charge in [0.1, 0.15) is 4.34 Å². The Morgan fingerprint density at radius 1 is 1.60 bits per heavy atom. The van der Waals surface area contributed by atoms with Gasteiger partial charge in [0.2, 0.25) is 0 Å². The quantitative estimate of drug-likeness (QED) is 0.670. The Hall–Kier alpha value is -0.230. The van der Waals surface area contributed by atoms with Crippen LogP contribution < -0.4 is 0 Å². The third-order valence-electron chi connectivity index (χ3n) is 0.949. The van der Waals surface area contributed by atoms with Gasteiger partial charge in [-0.3, -0.25) is 0 Å². The smallest absolute Gasteiger partial charge is 0.112 e. The monoisotopic (exact) mass is 191 g/mol. The van der Waals surface area contributed by atoms with Crippen LogP contribution in [0.25, 0.3) is 0 Å². The molecule has 0 unspecified atom stereocenters. The molecule has 0 amide bonds. The molecule has 0 aliphatic heterocycles. The maximum absolute atomic E-state index is 8.29. The van der Waals surface area contributed by atoms with Crippen molar-refractivity contribution in [3.8, 4) is 6.07 Å². The minimum absolute atomic E-state index is 0.386. The zero-order valence-electron chi connectivity index (χ0n) is 4.90. The highest BCUT2D eigenvalue weighted by Gasteiger charge is 2.02. The van der Waals surface area contributed by atoms with Gasteiger partial charge >= 0.3 is 0 Å². The normalized spacial score (nSPS) is 9.30. The van der Waals surface area contributed by atoms with E-state index in [4.69, 9.17) is 28.5 Å². The largest absolute Gasteiger partial charge is 0.198 e. The molecule has 52 valence electrons. The van der Waals surface area contributed by atoms with Crippen LogP contribution in [0.1, 0.15) is 4.88 Å². The summed E-state index contributed by atoms with van der Waals surface area (Å²) < 4.78 is 0.562. The van der Waals surface area contributed by atoms with Crippen molar-refractivity contribution in [2.45, 2.75) is 6.42 Å². The zero-order chi connectivity index (χ0) is 7.56. The molecule has 0 radical (unpaired) electrons. The van der Waals surface area contributed by atoms with E-state index in [9.17, 15) is 0 Å². The van der Waals surface area contributed by atoms with E-state index in [1.807, 2.05) is 6.07 Å². The Morgan fingerprint density at radius 3 is 2.70 bits per heavy atom. The molecule has 0 bridgehead atoms. The lowest BCUT2D eigenvalue weighted by Gasteiger charge is -1.77. The highest BCUT2D eigenvalue weighted by Crippen LogP contribution is 2.31. The number of rotatable bonds is 1. The molecule has 1 rings (SSSR count). The topological polar surface area (TPSA) is 23.8 Å². The minimum Gasteiger partial charge on any atom is -0.198 e. The van der Waals surface area contributed by atoms with E-state index in [1.165, 1.54) is 11.3 Å². The fourth-order valence-corrected chi connectivity index (χ4v) is 1.92. The number of halogens is 2. The third-order valence-corrected chi connectivity index (χ3v) is 2.81. The van der Waals surface area contributed by atoms with Crippen molar-refractivity contribution in [3.05, 3.63) is 20.3 Å². The van der Waals surface area contributed by atoms with Crippen molar-refractivity contribution < 1.29 is 0 Å². The van der Waals surface area contributed by atoms with Gasteiger partial charge in [-0.15, -0.1) is 11.3 Å². The Bertz CT molecular complexity index is 254. The second-order valence-corrected chi connectivity index (χ2v) is 3.82. The van der Waals surface area contributed by atoms with Crippen molar-refractivity contribution >= 4 is 34.5 Å². The molecule has 1 heterocycles. The molecule has 0 saturated heterocycles. The predicted octanol–water partition coefficient (Wildman–Crippen LogP) is 3.12. The molecule has 0 aromatic carbocycles. The summed E-state index contributed by atoms with van der Waals surface area (Å²) in [6, 6.07) is 3.74. The van der Waals surface area contributed by atoms with Crippen molar-refractivity contribution in [1.82, 2.24) is 0 Å². The van der Waals surface area contributed by atoms with E-state index in [1.54, 1.807) is 6.07 Å². The predicted molar refractivity (Wildman–Crippen MR) is 43.7 cm³/mol. The Balaban J connectivity index is 2.90. The van der Waals surface area contributed by atoms with Crippen LogP contribution in [0, 0.1) is 11.3 Å². The van der Waals surface area contributed by atoms with Crippen LogP contribution in [-0.2, 0) is 6.42 Å². The number of thiophene rings is 1. The number of hydrogen-bond donors (Lipinski definition) is 0. The van der Waals surface area contributed by atoms with E-state index in [0.29, 0.717) is 15.8 Å². The van der Waals surface area contributed by atoms with E-state index >= 15 is 0 Å². The van der Waals surface area contributed by atoms with E-state index < -0.39 is 0 Å². The molecule has 1 nitrogen and oxygen atoms in total. The molecule has 4 heteroatoms. The molecule has 0 fully saturated rings. The second kappa shape index (κ2) is 3.25. The van der Waals surface area contributed by atoms with Gasteiger partial charge in [-0.05, 0) is 6.07 Å². The van der Waals surface area contributed by atoms with Gasteiger partial charge in [0.15, 0.2) is 0 Å². The number of hydrogen-bond acceptors (Lipinski definition) is 2. The molecule has 1 aromatic heterocycles. The molecule has 0 aliphatic carbocycles. The summed E-state index contributed by atoms with van der Waals surface area (Å²) in [6.07, 6.45) is 0.386. The maximum Gasteiger partial charge on any atom is 0.112 e. The van der Waals surface area contributed by atoms with Gasteiger partial charge in [-0.25, -0.2) is 0 Å². The SMILES string of the molecule is N#CCc1cc(Cl)c(Cl)s1. The van der Waals surface area contributed by atoms with Crippen LogP contribution in [-0.4, -0.2) is 0 Å². The van der Waals surface area contributed by atoms with Gasteiger partial charge in [0, 0.05) is 4.88 Å². The lowest BCUT2D eigenvalue weighted by Crippen LogP contribution is -1.68. The Morgan fingerprint density at radius 2 is 2.30 bits per heavy atom. The first-order valence-electron chi connectivity index (χ1n) is 2.54. The minimum atomic E-state index is 0.386. The molecular weight excluding hydrogens is 189 g/mol. The van der Waals surface area contributed by atoms with Crippen molar-refractivity contribution in [1.29, 1.82) is 5.26 Å². The molecule has 0 aliphatic rings. The average molecular weight is 192 g/mol. The molecular formula is C6H3Cl2NS. The van der Waals surface area contributed by atoms with E-state index in [0.717, 1.165) is 4.88 Å². The van der Waals surface area contributed by atoms with Crippen LogP contribution in [0.3, 0.4) is 0 Å². The number of nitrogens with zero attached hydrogens (tertiary/aromatic N) is 1. The first-order valence-corrected chi connectivity index (χ1v) is 4.12. The van der Waals surface area contributed by atoms with E-state index in [-0.39, 0.29) is 0 Å². The molecule has 0 spiro atoms. The van der Waals surface area contributed by atoms with Gasteiger partial charge in [-0.2, -0.15) is 5.26 Å². The summed E-state index contributed by atoms with van der Waals surface area (Å²) in [5.74, 6) is 0.